The van der Waals surface area contributed by atoms with Gasteiger partial charge in [0.25, 0.3) is 0 Å². The van der Waals surface area contributed by atoms with E-state index in [1.807, 2.05) is 55.5 Å². The third-order valence-electron chi connectivity index (χ3n) is 3.32. The van der Waals surface area contributed by atoms with Crippen molar-refractivity contribution in [1.82, 2.24) is 5.43 Å². The summed E-state index contributed by atoms with van der Waals surface area (Å²) in [4.78, 5) is 0. The molecule has 0 saturated heterocycles. The third kappa shape index (κ3) is 5.24. The smallest absolute Gasteiger partial charge is 0.191 e. The average molecular weight is 343 g/mol. The van der Waals surface area contributed by atoms with E-state index in [0.717, 1.165) is 34.9 Å². The number of hydrogen-bond donors (Lipinski definition) is 2. The number of anilines is 1. The van der Waals surface area contributed by atoms with Crippen LogP contribution >= 0.6 is 12.2 Å². The SMILES string of the molecule is COc1ccc(C/C(C)=N\NC(=S)Nc2ccccc2OC)cc1. The Morgan fingerprint density at radius 1 is 1.04 bits per heavy atom. The van der Waals surface area contributed by atoms with Crippen molar-refractivity contribution in [3.8, 4) is 11.5 Å². The summed E-state index contributed by atoms with van der Waals surface area (Å²) < 4.78 is 10.4. The number of nitrogens with zero attached hydrogens (tertiary/aromatic N) is 1. The van der Waals surface area contributed by atoms with Gasteiger partial charge in [0.1, 0.15) is 11.5 Å². The topological polar surface area (TPSA) is 54.9 Å². The second-order valence-electron chi connectivity index (χ2n) is 5.14. The molecule has 0 aromatic heterocycles. The summed E-state index contributed by atoms with van der Waals surface area (Å²) in [5.41, 5.74) is 5.72. The molecule has 2 rings (SSSR count). The van der Waals surface area contributed by atoms with Crippen molar-refractivity contribution < 1.29 is 9.47 Å². The number of ether oxygens (including phenoxy) is 2. The first-order valence-corrected chi connectivity index (χ1v) is 7.89. The van der Waals surface area contributed by atoms with Crippen LogP contribution in [0.2, 0.25) is 0 Å². The van der Waals surface area contributed by atoms with E-state index >= 15 is 0 Å². The van der Waals surface area contributed by atoms with Gasteiger partial charge in [-0.1, -0.05) is 24.3 Å². The maximum absolute atomic E-state index is 5.27. The van der Waals surface area contributed by atoms with E-state index in [1.54, 1.807) is 14.2 Å². The Balaban J connectivity index is 1.90. The fourth-order valence-corrected chi connectivity index (χ4v) is 2.28. The number of para-hydroxylation sites is 2. The van der Waals surface area contributed by atoms with E-state index in [4.69, 9.17) is 21.7 Å². The van der Waals surface area contributed by atoms with Gasteiger partial charge in [-0.05, 0) is 49.0 Å². The minimum absolute atomic E-state index is 0.411. The van der Waals surface area contributed by atoms with Crippen molar-refractivity contribution in [2.24, 2.45) is 5.10 Å². The van der Waals surface area contributed by atoms with E-state index < -0.39 is 0 Å². The standard InChI is InChI=1S/C18H21N3O2S/c1-13(12-14-8-10-15(22-2)11-9-14)20-21-18(24)19-16-6-4-5-7-17(16)23-3/h4-11H,12H2,1-3H3,(H2,19,21,24)/b20-13-. The van der Waals surface area contributed by atoms with Gasteiger partial charge in [0, 0.05) is 12.1 Å². The predicted octanol–water partition coefficient (Wildman–Crippen LogP) is 3.61. The van der Waals surface area contributed by atoms with Gasteiger partial charge in [-0.15, -0.1) is 0 Å². The predicted molar refractivity (Wildman–Crippen MR) is 102 cm³/mol. The maximum atomic E-state index is 5.27. The first kappa shape index (κ1) is 17.7. The molecule has 0 fully saturated rings. The molecular formula is C18H21N3O2S. The number of methoxy groups -OCH3 is 2. The molecule has 0 radical (unpaired) electrons. The summed E-state index contributed by atoms with van der Waals surface area (Å²) in [6.07, 6.45) is 0.730. The van der Waals surface area contributed by atoms with Gasteiger partial charge >= 0.3 is 0 Å². The van der Waals surface area contributed by atoms with E-state index in [9.17, 15) is 0 Å². The molecule has 24 heavy (non-hydrogen) atoms. The van der Waals surface area contributed by atoms with Crippen molar-refractivity contribution in [3.63, 3.8) is 0 Å². The largest absolute Gasteiger partial charge is 0.497 e. The Bertz CT molecular complexity index is 714. The monoisotopic (exact) mass is 343 g/mol. The number of benzene rings is 2. The third-order valence-corrected chi connectivity index (χ3v) is 3.52. The highest BCUT2D eigenvalue weighted by Crippen LogP contribution is 2.22. The molecule has 2 aromatic rings. The molecule has 6 heteroatoms. The quantitative estimate of drug-likeness (QED) is 0.477. The Kier molecular flexibility index (Phi) is 6.57. The first-order valence-electron chi connectivity index (χ1n) is 7.48. The van der Waals surface area contributed by atoms with Crippen LogP contribution in [0.5, 0.6) is 11.5 Å². The molecule has 2 aromatic carbocycles. The van der Waals surface area contributed by atoms with E-state index in [1.165, 1.54) is 0 Å². The Labute approximate surface area is 147 Å². The molecule has 5 nitrogen and oxygen atoms in total. The minimum Gasteiger partial charge on any atom is -0.497 e. The lowest BCUT2D eigenvalue weighted by atomic mass is 10.1. The van der Waals surface area contributed by atoms with Crippen LogP contribution < -0.4 is 20.2 Å². The van der Waals surface area contributed by atoms with E-state index in [2.05, 4.69) is 15.8 Å². The van der Waals surface area contributed by atoms with E-state index in [0.29, 0.717) is 5.11 Å². The summed E-state index contributed by atoms with van der Waals surface area (Å²) in [5, 5.41) is 7.78. The molecular weight excluding hydrogens is 322 g/mol. The van der Waals surface area contributed by atoms with Crippen molar-refractivity contribution in [2.75, 3.05) is 19.5 Å². The van der Waals surface area contributed by atoms with E-state index in [-0.39, 0.29) is 0 Å². The van der Waals surface area contributed by atoms with Gasteiger partial charge < -0.3 is 14.8 Å². The molecule has 0 aliphatic heterocycles. The summed E-state index contributed by atoms with van der Waals surface area (Å²) >= 11 is 5.26. The van der Waals surface area contributed by atoms with Crippen LogP contribution in [-0.2, 0) is 6.42 Å². The molecule has 0 unspecified atom stereocenters. The zero-order valence-electron chi connectivity index (χ0n) is 14.0. The number of thiocarbonyl (C=S) groups is 1. The summed E-state index contributed by atoms with van der Waals surface area (Å²) in [5.74, 6) is 1.56. The molecule has 0 saturated carbocycles. The van der Waals surface area contributed by atoms with Crippen molar-refractivity contribution in [3.05, 3.63) is 54.1 Å². The molecule has 0 heterocycles. The molecule has 0 spiro atoms. The lowest BCUT2D eigenvalue weighted by Crippen LogP contribution is -2.25. The number of rotatable bonds is 6. The minimum atomic E-state index is 0.411. The lowest BCUT2D eigenvalue weighted by Gasteiger charge is -2.11. The number of hydrogen-bond acceptors (Lipinski definition) is 4. The fraction of sp³-hybridized carbons (Fsp3) is 0.222. The van der Waals surface area contributed by atoms with Gasteiger partial charge in [0.2, 0.25) is 0 Å². The van der Waals surface area contributed by atoms with Gasteiger partial charge in [0.15, 0.2) is 5.11 Å². The van der Waals surface area contributed by atoms with Crippen LogP contribution in [-0.4, -0.2) is 25.0 Å². The van der Waals surface area contributed by atoms with Crippen LogP contribution in [0.4, 0.5) is 5.69 Å². The Hall–Kier alpha value is -2.60. The lowest BCUT2D eigenvalue weighted by molar-refractivity contribution is 0.414. The second-order valence-corrected chi connectivity index (χ2v) is 5.55. The molecule has 0 amide bonds. The molecule has 0 atom stereocenters. The molecule has 0 aliphatic rings. The number of nitrogens with one attached hydrogen (secondary N) is 2. The van der Waals surface area contributed by atoms with Gasteiger partial charge in [-0.3, -0.25) is 5.43 Å². The zero-order valence-corrected chi connectivity index (χ0v) is 14.8. The van der Waals surface area contributed by atoms with Crippen LogP contribution in [0.3, 0.4) is 0 Å². The molecule has 126 valence electrons. The van der Waals surface area contributed by atoms with Crippen LogP contribution in [0.1, 0.15) is 12.5 Å². The molecule has 2 N–H and O–H groups in total. The molecule has 0 aliphatic carbocycles. The number of hydrazone groups is 1. The Morgan fingerprint density at radius 3 is 2.42 bits per heavy atom. The summed E-state index contributed by atoms with van der Waals surface area (Å²) in [6.45, 7) is 1.95. The fourth-order valence-electron chi connectivity index (χ4n) is 2.12. The van der Waals surface area contributed by atoms with Gasteiger partial charge in [-0.25, -0.2) is 0 Å². The van der Waals surface area contributed by atoms with Crippen LogP contribution in [0.25, 0.3) is 0 Å². The average Bonchev–Trinajstić information content (AvgIpc) is 2.61. The summed E-state index contributed by atoms with van der Waals surface area (Å²) in [7, 11) is 3.27. The second kappa shape index (κ2) is 8.88. The highest BCUT2D eigenvalue weighted by molar-refractivity contribution is 7.80. The van der Waals surface area contributed by atoms with Crippen LogP contribution in [0, 0.1) is 0 Å². The zero-order chi connectivity index (χ0) is 17.4. The van der Waals surface area contributed by atoms with Crippen molar-refractivity contribution in [1.29, 1.82) is 0 Å². The highest BCUT2D eigenvalue weighted by atomic mass is 32.1. The maximum Gasteiger partial charge on any atom is 0.191 e. The Morgan fingerprint density at radius 2 is 1.75 bits per heavy atom. The van der Waals surface area contributed by atoms with Crippen molar-refractivity contribution in [2.45, 2.75) is 13.3 Å². The first-order chi connectivity index (χ1) is 11.6. The summed E-state index contributed by atoms with van der Waals surface area (Å²) in [6, 6.07) is 15.5. The van der Waals surface area contributed by atoms with Gasteiger partial charge in [-0.2, -0.15) is 5.10 Å². The highest BCUT2D eigenvalue weighted by Gasteiger charge is 2.03. The normalized spacial score (nSPS) is 10.9. The molecule has 0 bridgehead atoms. The van der Waals surface area contributed by atoms with Crippen LogP contribution in [0.15, 0.2) is 53.6 Å². The van der Waals surface area contributed by atoms with Crippen molar-refractivity contribution >= 4 is 28.7 Å². The van der Waals surface area contributed by atoms with Gasteiger partial charge in [0.05, 0.1) is 19.9 Å².